The number of rotatable bonds is 2. The Morgan fingerprint density at radius 3 is 2.67 bits per heavy atom. The summed E-state index contributed by atoms with van der Waals surface area (Å²) in [5.41, 5.74) is 2.09. The Labute approximate surface area is 161 Å². The van der Waals surface area contributed by atoms with E-state index in [2.05, 4.69) is 20.8 Å². The van der Waals surface area contributed by atoms with Crippen LogP contribution < -0.4 is 0 Å². The molecule has 0 saturated heterocycles. The van der Waals surface area contributed by atoms with Crippen molar-refractivity contribution >= 4 is 17.5 Å². The van der Waals surface area contributed by atoms with E-state index >= 15 is 0 Å². The molecule has 4 aliphatic rings. The Kier molecular flexibility index (Phi) is 4.25. The molecule has 3 saturated carbocycles. The summed E-state index contributed by atoms with van der Waals surface area (Å²) in [6, 6.07) is 0. The minimum Gasteiger partial charge on any atom is -0.466 e. The number of Topliss-reactive ketones (excluding diaryl/α,β-unsaturated/α-hetero) is 1. The SMILES string of the molecule is CC(=O)OC[C@H]1CC(=O)[C@@]2(C)CC[C@H]3[C@@H](CCC4=CC(=O)C=C(C)[C@@]43C)[C@H]12. The fourth-order valence-corrected chi connectivity index (χ4v) is 7.00. The number of hydrogen-bond donors (Lipinski definition) is 0. The molecule has 0 aliphatic heterocycles. The summed E-state index contributed by atoms with van der Waals surface area (Å²) in [4.78, 5) is 36.3. The Hall–Kier alpha value is -1.71. The van der Waals surface area contributed by atoms with Gasteiger partial charge in [-0.3, -0.25) is 14.4 Å². The highest BCUT2D eigenvalue weighted by molar-refractivity contribution is 6.02. The van der Waals surface area contributed by atoms with Crippen LogP contribution in [0, 0.1) is 34.5 Å². The third kappa shape index (κ3) is 2.59. The summed E-state index contributed by atoms with van der Waals surface area (Å²) in [7, 11) is 0. The first-order chi connectivity index (χ1) is 12.7. The molecule has 4 aliphatic carbocycles. The number of esters is 1. The van der Waals surface area contributed by atoms with Crippen LogP contribution in [0.15, 0.2) is 23.3 Å². The monoisotopic (exact) mass is 370 g/mol. The highest BCUT2D eigenvalue weighted by Crippen LogP contribution is 2.66. The summed E-state index contributed by atoms with van der Waals surface area (Å²) in [5, 5.41) is 0. The highest BCUT2D eigenvalue weighted by atomic mass is 16.5. The normalized spacial score (nSPS) is 43.3. The number of hydrogen-bond acceptors (Lipinski definition) is 4. The summed E-state index contributed by atoms with van der Waals surface area (Å²) < 4.78 is 5.36. The van der Waals surface area contributed by atoms with Crippen LogP contribution in [-0.2, 0) is 19.1 Å². The van der Waals surface area contributed by atoms with Crippen molar-refractivity contribution in [3.05, 3.63) is 23.3 Å². The van der Waals surface area contributed by atoms with Gasteiger partial charge in [-0.05, 0) is 62.5 Å². The summed E-state index contributed by atoms with van der Waals surface area (Å²) in [6.45, 7) is 8.33. The van der Waals surface area contributed by atoms with Crippen LogP contribution in [-0.4, -0.2) is 24.1 Å². The van der Waals surface area contributed by atoms with Gasteiger partial charge in [0.15, 0.2) is 5.78 Å². The maximum absolute atomic E-state index is 12.9. The van der Waals surface area contributed by atoms with Crippen LogP contribution in [0.5, 0.6) is 0 Å². The topological polar surface area (TPSA) is 60.4 Å². The predicted octanol–water partition coefficient (Wildman–Crippen LogP) is 4.04. The summed E-state index contributed by atoms with van der Waals surface area (Å²) in [6.07, 6.45) is 8.06. The number of carbonyl (C=O) groups is 3. The third-order valence-electron chi connectivity index (χ3n) is 8.43. The van der Waals surface area contributed by atoms with Gasteiger partial charge in [0.05, 0.1) is 6.61 Å². The lowest BCUT2D eigenvalue weighted by Gasteiger charge is -2.57. The molecule has 0 aromatic heterocycles. The van der Waals surface area contributed by atoms with Crippen LogP contribution in [0.25, 0.3) is 0 Å². The van der Waals surface area contributed by atoms with Crippen LogP contribution in [0.4, 0.5) is 0 Å². The number of carbonyl (C=O) groups excluding carboxylic acids is 3. The van der Waals surface area contributed by atoms with Gasteiger partial charge in [0.25, 0.3) is 0 Å². The van der Waals surface area contributed by atoms with Gasteiger partial charge in [0.1, 0.15) is 5.78 Å². The largest absolute Gasteiger partial charge is 0.466 e. The van der Waals surface area contributed by atoms with E-state index in [-0.39, 0.29) is 34.4 Å². The van der Waals surface area contributed by atoms with Crippen molar-refractivity contribution in [3.8, 4) is 0 Å². The van der Waals surface area contributed by atoms with E-state index in [1.807, 2.05) is 6.08 Å². The summed E-state index contributed by atoms with van der Waals surface area (Å²) >= 11 is 0. The quantitative estimate of drug-likeness (QED) is 0.688. The molecule has 0 amide bonds. The van der Waals surface area contributed by atoms with Crippen molar-refractivity contribution < 1.29 is 19.1 Å². The maximum Gasteiger partial charge on any atom is 0.302 e. The molecule has 0 aromatic rings. The molecule has 27 heavy (non-hydrogen) atoms. The van der Waals surface area contributed by atoms with Gasteiger partial charge < -0.3 is 4.74 Å². The van der Waals surface area contributed by atoms with Crippen LogP contribution >= 0.6 is 0 Å². The van der Waals surface area contributed by atoms with E-state index in [0.717, 1.165) is 25.7 Å². The fraction of sp³-hybridized carbons (Fsp3) is 0.696. The number of allylic oxidation sites excluding steroid dienone is 4. The Morgan fingerprint density at radius 1 is 1.22 bits per heavy atom. The van der Waals surface area contributed by atoms with E-state index < -0.39 is 0 Å². The Balaban J connectivity index is 1.70. The van der Waals surface area contributed by atoms with Crippen LogP contribution in [0.2, 0.25) is 0 Å². The number of ketones is 2. The zero-order valence-electron chi connectivity index (χ0n) is 16.8. The van der Waals surface area contributed by atoms with Gasteiger partial charge in [-0.15, -0.1) is 0 Å². The smallest absolute Gasteiger partial charge is 0.302 e. The molecule has 146 valence electrons. The average molecular weight is 370 g/mol. The standard InChI is InChI=1S/C23H30O4/c1-13-9-17(25)11-16-5-6-18-19(23(13,16)4)7-8-22(3)20(26)10-15(21(18)22)12-27-14(2)24/h9,11,15,18-19,21H,5-8,10,12H2,1-4H3/t15-,18-,19+,21+,22-,23+/m1/s1. The number of ether oxygens (including phenoxy) is 1. The lowest BCUT2D eigenvalue weighted by atomic mass is 9.46. The van der Waals surface area contributed by atoms with Crippen molar-refractivity contribution in [1.82, 2.24) is 0 Å². The first kappa shape index (κ1) is 18.6. The van der Waals surface area contributed by atoms with Crippen molar-refractivity contribution in [2.45, 2.75) is 59.8 Å². The molecule has 4 nitrogen and oxygen atoms in total. The minimum atomic E-state index is -0.286. The molecule has 6 atom stereocenters. The van der Waals surface area contributed by atoms with Crippen molar-refractivity contribution in [3.63, 3.8) is 0 Å². The van der Waals surface area contributed by atoms with Crippen LogP contribution in [0.1, 0.15) is 59.8 Å². The molecule has 0 bridgehead atoms. The second-order valence-corrected chi connectivity index (χ2v) is 9.58. The molecule has 0 heterocycles. The molecule has 0 unspecified atom stereocenters. The molecular weight excluding hydrogens is 340 g/mol. The molecule has 0 radical (unpaired) electrons. The van der Waals surface area contributed by atoms with Gasteiger partial charge in [0.2, 0.25) is 0 Å². The average Bonchev–Trinajstić information content (AvgIpc) is 2.85. The highest BCUT2D eigenvalue weighted by Gasteiger charge is 2.62. The van der Waals surface area contributed by atoms with Gasteiger partial charge in [-0.1, -0.05) is 25.0 Å². The van der Waals surface area contributed by atoms with Crippen molar-refractivity contribution in [1.29, 1.82) is 0 Å². The second kappa shape index (κ2) is 6.15. The molecular formula is C23H30O4. The van der Waals surface area contributed by atoms with E-state index in [1.54, 1.807) is 6.08 Å². The Bertz CT molecular complexity index is 775. The van der Waals surface area contributed by atoms with E-state index in [0.29, 0.717) is 30.6 Å². The lowest BCUT2D eigenvalue weighted by molar-refractivity contribution is -0.144. The van der Waals surface area contributed by atoms with Gasteiger partial charge in [-0.25, -0.2) is 0 Å². The predicted molar refractivity (Wildman–Crippen MR) is 102 cm³/mol. The molecule has 3 fully saturated rings. The van der Waals surface area contributed by atoms with Gasteiger partial charge in [-0.2, -0.15) is 0 Å². The van der Waals surface area contributed by atoms with Crippen LogP contribution in [0.3, 0.4) is 0 Å². The summed E-state index contributed by atoms with van der Waals surface area (Å²) in [5.74, 6) is 1.48. The van der Waals surface area contributed by atoms with Crippen molar-refractivity contribution in [2.24, 2.45) is 34.5 Å². The zero-order valence-corrected chi connectivity index (χ0v) is 16.8. The van der Waals surface area contributed by atoms with E-state index in [1.165, 1.54) is 18.1 Å². The maximum atomic E-state index is 12.9. The minimum absolute atomic E-state index is 0.0736. The Morgan fingerprint density at radius 2 is 1.96 bits per heavy atom. The first-order valence-corrected chi connectivity index (χ1v) is 10.3. The molecule has 0 aromatic carbocycles. The lowest BCUT2D eigenvalue weighted by Crippen LogP contribution is -2.52. The first-order valence-electron chi connectivity index (χ1n) is 10.3. The third-order valence-corrected chi connectivity index (χ3v) is 8.43. The molecule has 0 N–H and O–H groups in total. The number of fused-ring (bicyclic) bond motifs is 5. The van der Waals surface area contributed by atoms with E-state index in [4.69, 9.17) is 4.74 Å². The van der Waals surface area contributed by atoms with Crippen molar-refractivity contribution in [2.75, 3.05) is 6.61 Å². The molecule has 4 rings (SSSR count). The second-order valence-electron chi connectivity index (χ2n) is 9.58. The molecule has 0 spiro atoms. The zero-order chi connectivity index (χ0) is 19.6. The van der Waals surface area contributed by atoms with E-state index in [9.17, 15) is 14.4 Å². The molecule has 4 heteroatoms. The van der Waals surface area contributed by atoms with Gasteiger partial charge in [0, 0.05) is 30.1 Å². The fourth-order valence-electron chi connectivity index (χ4n) is 7.00. The van der Waals surface area contributed by atoms with Gasteiger partial charge >= 0.3 is 5.97 Å².